The van der Waals surface area contributed by atoms with E-state index in [1.54, 1.807) is 0 Å². The summed E-state index contributed by atoms with van der Waals surface area (Å²) in [4.78, 5) is 39.9. The number of nitrogens with zero attached hydrogens (tertiary/aromatic N) is 1. The van der Waals surface area contributed by atoms with Crippen LogP contribution in [0.1, 0.15) is 117 Å². The van der Waals surface area contributed by atoms with Crippen molar-refractivity contribution in [2.24, 2.45) is 0 Å². The molecule has 1 rings (SSSR count). The Labute approximate surface area is 214 Å². The Bertz CT molecular complexity index is 763. The predicted octanol–water partition coefficient (Wildman–Crippen LogP) is 8.87. The van der Waals surface area contributed by atoms with Gasteiger partial charge in [-0.25, -0.2) is 9.29 Å². The van der Waals surface area contributed by atoms with Crippen molar-refractivity contribution in [3.63, 3.8) is 0 Å². The third-order valence-corrected chi connectivity index (χ3v) is 7.10. The predicted molar refractivity (Wildman–Crippen MR) is 141 cm³/mol. The molecule has 0 aliphatic carbocycles. The van der Waals surface area contributed by atoms with Gasteiger partial charge in [0.1, 0.15) is 5.82 Å². The van der Waals surface area contributed by atoms with Crippen LogP contribution in [-0.2, 0) is 14.4 Å². The van der Waals surface area contributed by atoms with E-state index in [0.717, 1.165) is 86.9 Å². The summed E-state index contributed by atoms with van der Waals surface area (Å²) in [6, 6.07) is 2.49. The Morgan fingerprint density at radius 1 is 0.765 bits per heavy atom. The summed E-state index contributed by atoms with van der Waals surface area (Å²) in [5.41, 5.74) is -0.105. The Morgan fingerprint density at radius 2 is 1.24 bits per heavy atom. The van der Waals surface area contributed by atoms with Gasteiger partial charge in [-0.15, -0.1) is 0 Å². The fourth-order valence-corrected chi connectivity index (χ4v) is 4.76. The smallest absolute Gasteiger partial charge is 0.233 e. The number of carbonyl (C=O) groups excluding carboxylic acids is 3. The molecule has 0 spiro atoms. The number of benzene rings is 1. The lowest BCUT2D eigenvalue weighted by atomic mass is 10.1. The number of amides is 2. The molecule has 7 heteroatoms. The number of thioether (sulfide) groups is 1. The van der Waals surface area contributed by atoms with Gasteiger partial charge in [0.2, 0.25) is 11.8 Å². The maximum atomic E-state index is 15.0. The molecule has 1 aromatic carbocycles. The van der Waals surface area contributed by atoms with Gasteiger partial charge in [0.15, 0.2) is 5.12 Å². The molecular formula is C27H41ClFNO3S. The SMILES string of the molecule is CCCCCCC(=O)Sc1cc(N(C(=O)CCCCCC)C(=O)CCCCCC)c(F)cc1Cl. The molecule has 0 aliphatic rings. The minimum absolute atomic E-state index is 0.0566. The second-order valence-electron chi connectivity index (χ2n) is 8.76. The minimum Gasteiger partial charge on any atom is -0.287 e. The molecule has 0 radical (unpaired) electrons. The molecule has 0 bridgehead atoms. The van der Waals surface area contributed by atoms with Crippen LogP contribution in [0.5, 0.6) is 0 Å². The van der Waals surface area contributed by atoms with E-state index >= 15 is 0 Å². The van der Waals surface area contributed by atoms with Crippen molar-refractivity contribution in [1.82, 2.24) is 0 Å². The molecule has 1 aromatic rings. The molecule has 192 valence electrons. The van der Waals surface area contributed by atoms with Crippen LogP contribution in [0.2, 0.25) is 5.02 Å². The normalized spacial score (nSPS) is 11.0. The lowest BCUT2D eigenvalue weighted by Crippen LogP contribution is -2.37. The van der Waals surface area contributed by atoms with Crippen LogP contribution in [0.15, 0.2) is 17.0 Å². The number of anilines is 1. The summed E-state index contributed by atoms with van der Waals surface area (Å²) >= 11 is 7.18. The third kappa shape index (κ3) is 11.4. The Kier molecular flexibility index (Phi) is 16.2. The maximum Gasteiger partial charge on any atom is 0.233 e. The molecule has 0 N–H and O–H groups in total. The van der Waals surface area contributed by atoms with Crippen LogP contribution in [0.25, 0.3) is 0 Å². The molecule has 2 amide bonds. The van der Waals surface area contributed by atoms with Gasteiger partial charge in [-0.05, 0) is 31.4 Å². The van der Waals surface area contributed by atoms with Crippen molar-refractivity contribution in [2.75, 3.05) is 4.90 Å². The van der Waals surface area contributed by atoms with Crippen LogP contribution in [0.3, 0.4) is 0 Å². The summed E-state index contributed by atoms with van der Waals surface area (Å²) in [7, 11) is 0. The average molecular weight is 514 g/mol. The van der Waals surface area contributed by atoms with Crippen molar-refractivity contribution in [3.05, 3.63) is 23.0 Å². The van der Waals surface area contributed by atoms with Gasteiger partial charge in [0.25, 0.3) is 0 Å². The van der Waals surface area contributed by atoms with Crippen LogP contribution in [-0.4, -0.2) is 16.9 Å². The van der Waals surface area contributed by atoms with Crippen molar-refractivity contribution >= 4 is 46.0 Å². The standard InChI is InChI=1S/C27H41ClFNO3S/c1-4-7-10-13-16-25(31)30(26(32)17-14-11-8-5-2)23-20-24(21(28)19-22(23)29)34-27(33)18-15-12-9-6-3/h19-20H,4-18H2,1-3H3. The van der Waals surface area contributed by atoms with Crippen LogP contribution >= 0.6 is 23.4 Å². The summed E-state index contributed by atoms with van der Waals surface area (Å²) < 4.78 is 15.0. The highest BCUT2D eigenvalue weighted by Crippen LogP contribution is 2.35. The Hall–Kier alpha value is -1.40. The zero-order valence-electron chi connectivity index (χ0n) is 21.1. The van der Waals surface area contributed by atoms with E-state index in [1.807, 2.05) is 0 Å². The average Bonchev–Trinajstić information content (AvgIpc) is 2.80. The Balaban J connectivity index is 3.07. The third-order valence-electron chi connectivity index (χ3n) is 5.69. The van der Waals surface area contributed by atoms with E-state index in [1.165, 1.54) is 6.07 Å². The first-order chi connectivity index (χ1) is 16.3. The topological polar surface area (TPSA) is 54.5 Å². The molecule has 4 nitrogen and oxygen atoms in total. The number of hydrogen-bond acceptors (Lipinski definition) is 4. The number of imide groups is 1. The molecule has 0 fully saturated rings. The molecule has 0 saturated heterocycles. The van der Waals surface area contributed by atoms with E-state index < -0.39 is 17.6 Å². The first-order valence-corrected chi connectivity index (χ1v) is 14.1. The molecule has 0 heterocycles. The molecule has 0 aromatic heterocycles. The summed E-state index contributed by atoms with van der Waals surface area (Å²) in [5, 5.41) is 0.0535. The second-order valence-corrected chi connectivity index (χ2v) is 10.3. The van der Waals surface area contributed by atoms with E-state index in [2.05, 4.69) is 20.8 Å². The summed E-state index contributed by atoms with van der Waals surface area (Å²) in [5.74, 6) is -1.53. The highest BCUT2D eigenvalue weighted by Gasteiger charge is 2.27. The fourth-order valence-electron chi connectivity index (χ4n) is 3.68. The summed E-state index contributed by atoms with van der Waals surface area (Å²) in [6.07, 6.45) is 11.9. The lowest BCUT2D eigenvalue weighted by molar-refractivity contribution is -0.126. The van der Waals surface area contributed by atoms with Crippen LogP contribution in [0, 0.1) is 5.82 Å². The highest BCUT2D eigenvalue weighted by molar-refractivity contribution is 8.13. The monoisotopic (exact) mass is 513 g/mol. The number of carbonyl (C=O) groups is 3. The molecular weight excluding hydrogens is 473 g/mol. The molecule has 0 atom stereocenters. The number of rotatable bonds is 17. The second kappa shape index (κ2) is 18.0. The zero-order valence-corrected chi connectivity index (χ0v) is 22.7. The van der Waals surface area contributed by atoms with E-state index in [9.17, 15) is 18.8 Å². The van der Waals surface area contributed by atoms with Gasteiger partial charge in [0, 0.05) is 24.2 Å². The van der Waals surface area contributed by atoms with E-state index in [4.69, 9.17) is 11.6 Å². The highest BCUT2D eigenvalue weighted by atomic mass is 35.5. The van der Waals surface area contributed by atoms with Crippen molar-refractivity contribution in [2.45, 2.75) is 122 Å². The maximum absolute atomic E-state index is 15.0. The number of hydrogen-bond donors (Lipinski definition) is 0. The van der Waals surface area contributed by atoms with Crippen molar-refractivity contribution in [3.8, 4) is 0 Å². The van der Waals surface area contributed by atoms with Gasteiger partial charge < -0.3 is 0 Å². The number of unbranched alkanes of at least 4 members (excludes halogenated alkanes) is 9. The quantitative estimate of drug-likeness (QED) is 0.154. The molecule has 34 heavy (non-hydrogen) atoms. The van der Waals surface area contributed by atoms with Gasteiger partial charge in [0.05, 0.1) is 10.7 Å². The van der Waals surface area contributed by atoms with Crippen LogP contribution in [0.4, 0.5) is 10.1 Å². The molecule has 0 aliphatic heterocycles. The summed E-state index contributed by atoms with van der Waals surface area (Å²) in [6.45, 7) is 6.28. The van der Waals surface area contributed by atoms with Gasteiger partial charge >= 0.3 is 0 Å². The minimum atomic E-state index is -0.728. The van der Waals surface area contributed by atoms with E-state index in [-0.39, 0.29) is 28.7 Å². The lowest BCUT2D eigenvalue weighted by Gasteiger charge is -2.23. The molecule has 0 saturated carbocycles. The fraction of sp³-hybridized carbons (Fsp3) is 0.667. The Morgan fingerprint density at radius 3 is 1.71 bits per heavy atom. The first kappa shape index (κ1) is 30.6. The van der Waals surface area contributed by atoms with Crippen molar-refractivity contribution < 1.29 is 18.8 Å². The van der Waals surface area contributed by atoms with E-state index in [0.29, 0.717) is 24.2 Å². The van der Waals surface area contributed by atoms with Gasteiger partial charge in [-0.2, -0.15) is 0 Å². The zero-order chi connectivity index (χ0) is 25.3. The largest absolute Gasteiger partial charge is 0.287 e. The van der Waals surface area contributed by atoms with Crippen LogP contribution < -0.4 is 4.90 Å². The van der Waals surface area contributed by atoms with Gasteiger partial charge in [-0.3, -0.25) is 14.4 Å². The van der Waals surface area contributed by atoms with Crippen molar-refractivity contribution in [1.29, 1.82) is 0 Å². The number of halogens is 2. The first-order valence-electron chi connectivity index (χ1n) is 12.9. The van der Waals surface area contributed by atoms with Gasteiger partial charge in [-0.1, -0.05) is 102 Å². The molecule has 0 unspecified atom stereocenters.